The third-order valence-electron chi connectivity index (χ3n) is 3.28. The molecular formula is C16H14F2N6O2S. The lowest BCUT2D eigenvalue weighted by Crippen LogP contribution is -2.16. The summed E-state index contributed by atoms with van der Waals surface area (Å²) in [6.07, 6.45) is 3.24. The van der Waals surface area contributed by atoms with Gasteiger partial charge in [0.15, 0.2) is 5.82 Å². The molecule has 0 saturated heterocycles. The van der Waals surface area contributed by atoms with E-state index in [4.69, 9.17) is 5.84 Å². The second-order valence-electron chi connectivity index (χ2n) is 5.16. The maximum atomic E-state index is 12.1. The highest BCUT2D eigenvalue weighted by atomic mass is 32.2. The topological polar surface area (TPSA) is 108 Å². The van der Waals surface area contributed by atoms with E-state index < -0.39 is 6.61 Å². The Labute approximate surface area is 156 Å². The number of nitrogen functional groups attached to an aromatic ring is 1. The number of thioether (sulfide) groups is 1. The number of nitrogens with one attached hydrogen (secondary N) is 1. The first-order valence-electron chi connectivity index (χ1n) is 7.61. The largest absolute Gasteiger partial charge is 0.435 e. The summed E-state index contributed by atoms with van der Waals surface area (Å²) in [5.41, 5.74) is 1.15. The summed E-state index contributed by atoms with van der Waals surface area (Å²) in [7, 11) is 0. The SMILES string of the molecule is Nn1c(SCC(=O)Nc2ccc(OC(F)F)cc2)nnc1-c1cccnc1. The molecular weight excluding hydrogens is 378 g/mol. The third kappa shape index (κ3) is 4.91. The molecule has 1 aromatic carbocycles. The van der Waals surface area contributed by atoms with Crippen molar-refractivity contribution in [3.8, 4) is 17.1 Å². The predicted molar refractivity (Wildman–Crippen MR) is 95.8 cm³/mol. The van der Waals surface area contributed by atoms with Gasteiger partial charge in [-0.2, -0.15) is 8.78 Å². The van der Waals surface area contributed by atoms with Gasteiger partial charge in [0.2, 0.25) is 11.1 Å². The van der Waals surface area contributed by atoms with Crippen LogP contribution in [0.4, 0.5) is 14.5 Å². The number of hydrogen-bond donors (Lipinski definition) is 2. The van der Waals surface area contributed by atoms with Gasteiger partial charge in [-0.3, -0.25) is 9.78 Å². The zero-order valence-electron chi connectivity index (χ0n) is 13.8. The minimum Gasteiger partial charge on any atom is -0.435 e. The average Bonchev–Trinajstić information content (AvgIpc) is 3.02. The van der Waals surface area contributed by atoms with Gasteiger partial charge in [0, 0.05) is 23.6 Å². The van der Waals surface area contributed by atoms with E-state index in [1.54, 1.807) is 24.5 Å². The number of carbonyl (C=O) groups excluding carboxylic acids is 1. The van der Waals surface area contributed by atoms with Crippen LogP contribution in [-0.4, -0.2) is 38.1 Å². The molecule has 8 nitrogen and oxygen atoms in total. The minimum absolute atomic E-state index is 0.0107. The molecule has 0 bridgehead atoms. The molecule has 0 atom stereocenters. The number of benzene rings is 1. The molecule has 1 amide bonds. The van der Waals surface area contributed by atoms with Crippen molar-refractivity contribution in [2.24, 2.45) is 0 Å². The number of carbonyl (C=O) groups is 1. The molecule has 140 valence electrons. The fraction of sp³-hybridized carbons (Fsp3) is 0.125. The van der Waals surface area contributed by atoms with Crippen LogP contribution < -0.4 is 15.9 Å². The fourth-order valence-electron chi connectivity index (χ4n) is 2.11. The Bertz CT molecular complexity index is 905. The first kappa shape index (κ1) is 18.6. The van der Waals surface area contributed by atoms with Crippen molar-refractivity contribution in [2.45, 2.75) is 11.8 Å². The second-order valence-corrected chi connectivity index (χ2v) is 6.10. The first-order chi connectivity index (χ1) is 13.0. The van der Waals surface area contributed by atoms with E-state index in [1.807, 2.05) is 0 Å². The van der Waals surface area contributed by atoms with Gasteiger partial charge >= 0.3 is 6.61 Å². The highest BCUT2D eigenvalue weighted by Gasteiger charge is 2.14. The predicted octanol–water partition coefficient (Wildman–Crippen LogP) is 2.39. The molecule has 0 unspecified atom stereocenters. The van der Waals surface area contributed by atoms with Gasteiger partial charge < -0.3 is 15.9 Å². The number of anilines is 1. The summed E-state index contributed by atoms with van der Waals surface area (Å²) in [6.45, 7) is -2.90. The van der Waals surface area contributed by atoms with Crippen LogP contribution in [0.3, 0.4) is 0 Å². The van der Waals surface area contributed by atoms with Crippen LogP contribution in [0.15, 0.2) is 53.9 Å². The number of aromatic nitrogens is 4. The Morgan fingerprint density at radius 1 is 1.26 bits per heavy atom. The number of nitrogens with two attached hydrogens (primary N) is 1. The van der Waals surface area contributed by atoms with E-state index in [1.165, 1.54) is 28.9 Å². The van der Waals surface area contributed by atoms with Crippen LogP contribution in [0.1, 0.15) is 0 Å². The van der Waals surface area contributed by atoms with Crippen molar-refractivity contribution in [1.29, 1.82) is 0 Å². The number of amides is 1. The summed E-state index contributed by atoms with van der Waals surface area (Å²) < 4.78 is 29.8. The number of halogens is 2. The van der Waals surface area contributed by atoms with E-state index in [9.17, 15) is 13.6 Å². The molecule has 0 fully saturated rings. The lowest BCUT2D eigenvalue weighted by Gasteiger charge is -2.07. The van der Waals surface area contributed by atoms with Crippen molar-refractivity contribution in [2.75, 3.05) is 16.9 Å². The average molecular weight is 392 g/mol. The van der Waals surface area contributed by atoms with Crippen LogP contribution in [0.2, 0.25) is 0 Å². The van der Waals surface area contributed by atoms with Crippen molar-refractivity contribution in [1.82, 2.24) is 19.9 Å². The summed E-state index contributed by atoms with van der Waals surface area (Å²) >= 11 is 1.11. The molecule has 0 aliphatic carbocycles. The number of ether oxygens (including phenoxy) is 1. The Balaban J connectivity index is 1.56. The minimum atomic E-state index is -2.90. The summed E-state index contributed by atoms with van der Waals surface area (Å²) in [6, 6.07) is 9.15. The lowest BCUT2D eigenvalue weighted by molar-refractivity contribution is -0.113. The molecule has 0 radical (unpaired) electrons. The van der Waals surface area contributed by atoms with Gasteiger partial charge in [-0.15, -0.1) is 10.2 Å². The van der Waals surface area contributed by atoms with Gasteiger partial charge in [0.05, 0.1) is 5.75 Å². The number of pyridine rings is 1. The molecule has 3 rings (SSSR count). The Morgan fingerprint density at radius 3 is 2.70 bits per heavy atom. The Kier molecular flexibility index (Phi) is 5.81. The molecule has 3 N–H and O–H groups in total. The monoisotopic (exact) mass is 392 g/mol. The molecule has 2 aromatic heterocycles. The smallest absolute Gasteiger partial charge is 0.387 e. The summed E-state index contributed by atoms with van der Waals surface area (Å²) in [5, 5.41) is 11.0. The quantitative estimate of drug-likeness (QED) is 0.469. The van der Waals surface area contributed by atoms with E-state index in [2.05, 4.69) is 25.2 Å². The molecule has 3 aromatic rings. The van der Waals surface area contributed by atoms with Crippen LogP contribution in [0.5, 0.6) is 5.75 Å². The van der Waals surface area contributed by atoms with Crippen LogP contribution in [0, 0.1) is 0 Å². The second kappa shape index (κ2) is 8.45. The number of rotatable bonds is 7. The van der Waals surface area contributed by atoms with E-state index in [-0.39, 0.29) is 17.4 Å². The fourth-order valence-corrected chi connectivity index (χ4v) is 2.77. The molecule has 27 heavy (non-hydrogen) atoms. The highest BCUT2D eigenvalue weighted by Crippen LogP contribution is 2.21. The lowest BCUT2D eigenvalue weighted by atomic mass is 10.3. The van der Waals surface area contributed by atoms with Gasteiger partial charge in [0.1, 0.15) is 5.75 Å². The molecule has 0 spiro atoms. The zero-order chi connectivity index (χ0) is 19.2. The van der Waals surface area contributed by atoms with Gasteiger partial charge in [-0.1, -0.05) is 11.8 Å². The molecule has 0 aliphatic heterocycles. The molecule has 2 heterocycles. The number of alkyl halides is 2. The highest BCUT2D eigenvalue weighted by molar-refractivity contribution is 7.99. The molecule has 0 aliphatic rings. The van der Waals surface area contributed by atoms with Crippen LogP contribution in [-0.2, 0) is 4.79 Å². The molecule has 11 heteroatoms. The van der Waals surface area contributed by atoms with Crippen molar-refractivity contribution in [3.05, 3.63) is 48.8 Å². The Morgan fingerprint density at radius 2 is 2.04 bits per heavy atom. The van der Waals surface area contributed by atoms with E-state index in [0.29, 0.717) is 22.2 Å². The van der Waals surface area contributed by atoms with Gasteiger partial charge in [0.25, 0.3) is 0 Å². The van der Waals surface area contributed by atoms with Crippen LogP contribution >= 0.6 is 11.8 Å². The molecule has 0 saturated carbocycles. The van der Waals surface area contributed by atoms with E-state index in [0.717, 1.165) is 11.8 Å². The normalized spacial score (nSPS) is 10.8. The summed E-state index contributed by atoms with van der Waals surface area (Å²) in [5.74, 6) is 6.14. The number of hydrogen-bond acceptors (Lipinski definition) is 7. The zero-order valence-corrected chi connectivity index (χ0v) is 14.6. The standard InChI is InChI=1S/C16H14F2N6O2S/c17-15(18)26-12-5-3-11(4-6-12)21-13(25)9-27-16-23-22-14(24(16)19)10-2-1-7-20-8-10/h1-8,15H,9,19H2,(H,21,25). The van der Waals surface area contributed by atoms with Gasteiger partial charge in [-0.05, 0) is 36.4 Å². The van der Waals surface area contributed by atoms with Gasteiger partial charge in [-0.25, -0.2) is 4.68 Å². The maximum Gasteiger partial charge on any atom is 0.387 e. The number of nitrogens with zero attached hydrogens (tertiary/aromatic N) is 4. The van der Waals surface area contributed by atoms with Crippen molar-refractivity contribution >= 4 is 23.4 Å². The van der Waals surface area contributed by atoms with Crippen molar-refractivity contribution in [3.63, 3.8) is 0 Å². The Hall–Kier alpha value is -3.21. The first-order valence-corrected chi connectivity index (χ1v) is 8.60. The van der Waals surface area contributed by atoms with Crippen LogP contribution in [0.25, 0.3) is 11.4 Å². The summed E-state index contributed by atoms with van der Waals surface area (Å²) in [4.78, 5) is 16.0. The third-order valence-corrected chi connectivity index (χ3v) is 4.22. The maximum absolute atomic E-state index is 12.1. The van der Waals surface area contributed by atoms with E-state index >= 15 is 0 Å². The van der Waals surface area contributed by atoms with Crippen molar-refractivity contribution < 1.29 is 18.3 Å².